The molecule has 0 atom stereocenters. The minimum absolute atomic E-state index is 0.0766. The second kappa shape index (κ2) is 4.65. The highest BCUT2D eigenvalue weighted by Gasteiger charge is 2.09. The number of nitrogens with zero attached hydrogens (tertiary/aromatic N) is 1. The van der Waals surface area contributed by atoms with Crippen molar-refractivity contribution < 1.29 is 9.32 Å². The molecule has 2 aromatic heterocycles. The van der Waals surface area contributed by atoms with Gasteiger partial charge in [0.05, 0.1) is 6.54 Å². The first kappa shape index (κ1) is 11.1. The molecule has 0 unspecified atom stereocenters. The maximum absolute atomic E-state index is 11.7. The van der Waals surface area contributed by atoms with Crippen molar-refractivity contribution >= 4 is 5.91 Å². The Hall–Kier alpha value is -2.37. The van der Waals surface area contributed by atoms with E-state index in [1.54, 1.807) is 13.0 Å². The minimum Gasteiger partial charge on any atom is -0.367 e. The summed E-state index contributed by atoms with van der Waals surface area (Å²) in [7, 11) is 0. The van der Waals surface area contributed by atoms with Crippen molar-refractivity contribution in [3.05, 3.63) is 51.8 Å². The lowest BCUT2D eigenvalue weighted by Gasteiger charge is -2.01. The quantitative estimate of drug-likeness (QED) is 0.812. The fourth-order valence-corrected chi connectivity index (χ4v) is 1.36. The van der Waals surface area contributed by atoms with Crippen LogP contribution in [0.25, 0.3) is 0 Å². The molecule has 0 saturated carbocycles. The van der Waals surface area contributed by atoms with Crippen LogP contribution in [0.1, 0.15) is 21.8 Å². The molecule has 2 rings (SSSR count). The van der Waals surface area contributed by atoms with Crippen LogP contribution in [0, 0.1) is 6.92 Å². The maximum Gasteiger partial charge on any atom is 0.257 e. The van der Waals surface area contributed by atoms with Gasteiger partial charge in [0.15, 0.2) is 5.43 Å². The molecule has 1 amide bonds. The van der Waals surface area contributed by atoms with Gasteiger partial charge in [0.25, 0.3) is 5.91 Å². The summed E-state index contributed by atoms with van der Waals surface area (Å²) in [6.07, 6.45) is 2.84. The first-order chi connectivity index (χ1) is 8.16. The Balaban J connectivity index is 2.03. The van der Waals surface area contributed by atoms with Crippen LogP contribution in [-0.4, -0.2) is 16.0 Å². The number of carbonyl (C=O) groups excluding carboxylic acids is 1. The molecule has 0 saturated heterocycles. The predicted octanol–water partition coefficient (Wildman–Crippen LogP) is 0.601. The van der Waals surface area contributed by atoms with Crippen LogP contribution >= 0.6 is 0 Å². The third-order valence-electron chi connectivity index (χ3n) is 2.18. The van der Waals surface area contributed by atoms with E-state index in [1.807, 2.05) is 0 Å². The molecule has 0 aliphatic rings. The number of pyridine rings is 1. The highest BCUT2D eigenvalue weighted by Crippen LogP contribution is 2.00. The standard InChI is InChI=1S/C11H11N3O3/c1-7-4-8(14-17-7)5-13-11(16)9-6-12-3-2-10(9)15/h2-4,6H,5H2,1H3,(H,12,15)(H,13,16). The summed E-state index contributed by atoms with van der Waals surface area (Å²) in [4.78, 5) is 25.7. The Morgan fingerprint density at radius 2 is 2.41 bits per heavy atom. The molecule has 2 heterocycles. The van der Waals surface area contributed by atoms with Gasteiger partial charge in [-0.25, -0.2) is 0 Å². The summed E-state index contributed by atoms with van der Waals surface area (Å²) in [5.74, 6) is 0.235. The van der Waals surface area contributed by atoms with Crippen LogP contribution in [0.5, 0.6) is 0 Å². The van der Waals surface area contributed by atoms with Crippen LogP contribution < -0.4 is 10.7 Å². The molecule has 6 nitrogen and oxygen atoms in total. The average molecular weight is 233 g/mol. The van der Waals surface area contributed by atoms with E-state index in [4.69, 9.17) is 4.52 Å². The number of hydrogen-bond donors (Lipinski definition) is 2. The summed E-state index contributed by atoms with van der Waals surface area (Å²) in [6, 6.07) is 3.02. The number of nitrogens with one attached hydrogen (secondary N) is 2. The van der Waals surface area contributed by atoms with Gasteiger partial charge in [-0.1, -0.05) is 5.16 Å². The number of carbonyl (C=O) groups is 1. The third kappa shape index (κ3) is 2.60. The van der Waals surface area contributed by atoms with E-state index >= 15 is 0 Å². The Kier molecular flexibility index (Phi) is 3.04. The zero-order valence-corrected chi connectivity index (χ0v) is 9.19. The molecule has 0 fully saturated rings. The smallest absolute Gasteiger partial charge is 0.257 e. The number of rotatable bonds is 3. The van der Waals surface area contributed by atoms with Crippen molar-refractivity contribution in [1.82, 2.24) is 15.5 Å². The van der Waals surface area contributed by atoms with Gasteiger partial charge in [0, 0.05) is 24.5 Å². The van der Waals surface area contributed by atoms with Crippen molar-refractivity contribution in [1.29, 1.82) is 0 Å². The van der Waals surface area contributed by atoms with Crippen LogP contribution in [0.2, 0.25) is 0 Å². The molecule has 0 aromatic carbocycles. The van der Waals surface area contributed by atoms with Gasteiger partial charge >= 0.3 is 0 Å². The van der Waals surface area contributed by atoms with Gasteiger partial charge in [0.1, 0.15) is 17.0 Å². The highest BCUT2D eigenvalue weighted by atomic mass is 16.5. The molecule has 0 aliphatic heterocycles. The number of aromatic nitrogens is 2. The number of aromatic amines is 1. The lowest BCUT2D eigenvalue weighted by molar-refractivity contribution is 0.0948. The van der Waals surface area contributed by atoms with Gasteiger partial charge in [-0.05, 0) is 6.92 Å². The second-order valence-corrected chi connectivity index (χ2v) is 3.53. The first-order valence-electron chi connectivity index (χ1n) is 5.04. The van der Waals surface area contributed by atoms with E-state index < -0.39 is 5.91 Å². The molecule has 2 aromatic rings. The molecular formula is C11H11N3O3. The van der Waals surface area contributed by atoms with E-state index in [0.717, 1.165) is 0 Å². The van der Waals surface area contributed by atoms with Gasteiger partial charge in [-0.15, -0.1) is 0 Å². The lowest BCUT2D eigenvalue weighted by Crippen LogP contribution is -2.28. The number of hydrogen-bond acceptors (Lipinski definition) is 4. The fraction of sp³-hybridized carbons (Fsp3) is 0.182. The SMILES string of the molecule is Cc1cc(CNC(=O)c2c[nH]ccc2=O)no1. The molecule has 17 heavy (non-hydrogen) atoms. The van der Waals surface area contributed by atoms with E-state index in [-0.39, 0.29) is 17.5 Å². The summed E-state index contributed by atoms with van der Waals surface area (Å²) in [6.45, 7) is 1.99. The fourth-order valence-electron chi connectivity index (χ4n) is 1.36. The van der Waals surface area contributed by atoms with E-state index in [2.05, 4.69) is 15.5 Å². The van der Waals surface area contributed by atoms with Crippen LogP contribution in [0.3, 0.4) is 0 Å². The molecule has 0 bridgehead atoms. The molecule has 0 radical (unpaired) electrons. The largest absolute Gasteiger partial charge is 0.367 e. The maximum atomic E-state index is 11.7. The Labute approximate surface area is 96.6 Å². The molecule has 0 aliphatic carbocycles. The van der Waals surface area contributed by atoms with Gasteiger partial charge in [0.2, 0.25) is 0 Å². The first-order valence-corrected chi connectivity index (χ1v) is 5.04. The monoisotopic (exact) mass is 233 g/mol. The molecule has 6 heteroatoms. The Morgan fingerprint density at radius 1 is 1.59 bits per heavy atom. The molecular weight excluding hydrogens is 222 g/mol. The van der Waals surface area contributed by atoms with Crippen LogP contribution in [-0.2, 0) is 6.54 Å². The topological polar surface area (TPSA) is 88.0 Å². The number of H-pyrrole nitrogens is 1. The van der Waals surface area contributed by atoms with Crippen molar-refractivity contribution in [3.63, 3.8) is 0 Å². The normalized spacial score (nSPS) is 10.2. The number of amides is 1. The van der Waals surface area contributed by atoms with Crippen LogP contribution in [0.15, 0.2) is 33.8 Å². The number of aryl methyl sites for hydroxylation is 1. The van der Waals surface area contributed by atoms with Crippen molar-refractivity contribution in [3.8, 4) is 0 Å². The van der Waals surface area contributed by atoms with Crippen molar-refractivity contribution in [2.24, 2.45) is 0 Å². The minimum atomic E-state index is -0.437. The predicted molar refractivity (Wildman–Crippen MR) is 59.5 cm³/mol. The van der Waals surface area contributed by atoms with Gasteiger partial charge in [-0.3, -0.25) is 9.59 Å². The summed E-state index contributed by atoms with van der Waals surface area (Å²) in [5, 5.41) is 6.32. The van der Waals surface area contributed by atoms with E-state index in [1.165, 1.54) is 18.5 Å². The van der Waals surface area contributed by atoms with Crippen LogP contribution in [0.4, 0.5) is 0 Å². The zero-order valence-electron chi connectivity index (χ0n) is 9.19. The highest BCUT2D eigenvalue weighted by molar-refractivity contribution is 5.93. The van der Waals surface area contributed by atoms with E-state index in [9.17, 15) is 9.59 Å². The molecule has 0 spiro atoms. The zero-order chi connectivity index (χ0) is 12.3. The second-order valence-electron chi connectivity index (χ2n) is 3.53. The van der Waals surface area contributed by atoms with Gasteiger partial charge in [-0.2, -0.15) is 0 Å². The van der Waals surface area contributed by atoms with E-state index in [0.29, 0.717) is 11.5 Å². The molecule has 88 valence electrons. The third-order valence-corrected chi connectivity index (χ3v) is 2.18. The van der Waals surface area contributed by atoms with Crippen molar-refractivity contribution in [2.75, 3.05) is 0 Å². The summed E-state index contributed by atoms with van der Waals surface area (Å²) in [5.41, 5.74) is 0.369. The lowest BCUT2D eigenvalue weighted by atomic mass is 10.2. The van der Waals surface area contributed by atoms with Crippen molar-refractivity contribution in [2.45, 2.75) is 13.5 Å². The Bertz CT molecular complexity index is 585. The average Bonchev–Trinajstić information content (AvgIpc) is 2.73. The molecule has 2 N–H and O–H groups in total. The summed E-state index contributed by atoms with van der Waals surface area (Å²) >= 11 is 0. The Morgan fingerprint density at radius 3 is 3.06 bits per heavy atom. The summed E-state index contributed by atoms with van der Waals surface area (Å²) < 4.78 is 4.86. The van der Waals surface area contributed by atoms with Gasteiger partial charge < -0.3 is 14.8 Å².